The Morgan fingerprint density at radius 2 is 2.11 bits per heavy atom. The molecule has 0 N–H and O–H groups in total. The monoisotopic (exact) mass is 263 g/mol. The van der Waals surface area contributed by atoms with Crippen molar-refractivity contribution in [3.05, 3.63) is 29.1 Å². The minimum atomic E-state index is -0.291. The minimum Gasteiger partial charge on any atom is -0.368 e. The number of rotatable bonds is 6. The number of unbranched alkanes of at least 4 members (excludes halogenated alkanes) is 1. The number of nitrogens with zero attached hydrogens (tertiary/aromatic N) is 1. The van der Waals surface area contributed by atoms with Gasteiger partial charge >= 0.3 is 0 Å². The normalized spacial score (nSPS) is 14.5. The quantitative estimate of drug-likeness (QED) is 0.720. The van der Waals surface area contributed by atoms with Crippen LogP contribution in [-0.2, 0) is 0 Å². The Labute approximate surface area is 114 Å². The lowest BCUT2D eigenvalue weighted by Crippen LogP contribution is -2.28. The van der Waals surface area contributed by atoms with Crippen LogP contribution in [0.5, 0.6) is 0 Å². The predicted octanol–water partition coefficient (Wildman–Crippen LogP) is 4.11. The van der Waals surface area contributed by atoms with E-state index >= 15 is 0 Å². The van der Waals surface area contributed by atoms with Crippen molar-refractivity contribution in [1.29, 1.82) is 0 Å². The van der Waals surface area contributed by atoms with E-state index in [-0.39, 0.29) is 11.6 Å². The third-order valence-electron chi connectivity index (χ3n) is 3.71. The van der Waals surface area contributed by atoms with E-state index in [0.29, 0.717) is 17.2 Å². The topological polar surface area (TPSA) is 20.3 Å². The van der Waals surface area contributed by atoms with Crippen molar-refractivity contribution in [2.24, 2.45) is 0 Å². The second-order valence-electron chi connectivity index (χ2n) is 5.45. The van der Waals surface area contributed by atoms with E-state index in [4.69, 9.17) is 0 Å². The second-order valence-corrected chi connectivity index (χ2v) is 5.45. The summed E-state index contributed by atoms with van der Waals surface area (Å²) in [4.78, 5) is 14.1. The van der Waals surface area contributed by atoms with Crippen LogP contribution in [0.2, 0.25) is 0 Å². The summed E-state index contributed by atoms with van der Waals surface area (Å²) >= 11 is 0. The molecule has 1 aromatic carbocycles. The molecule has 0 heterocycles. The number of anilines is 1. The molecule has 0 aliphatic heterocycles. The van der Waals surface area contributed by atoms with Crippen molar-refractivity contribution in [3.8, 4) is 0 Å². The molecule has 104 valence electrons. The van der Waals surface area contributed by atoms with E-state index in [1.807, 2.05) is 6.07 Å². The van der Waals surface area contributed by atoms with Gasteiger partial charge < -0.3 is 4.90 Å². The number of ketones is 1. The first-order chi connectivity index (χ1) is 9.04. The smallest absolute Gasteiger partial charge is 0.161 e. The predicted molar refractivity (Wildman–Crippen MR) is 76.4 cm³/mol. The lowest BCUT2D eigenvalue weighted by atomic mass is 10.0. The average Bonchev–Trinajstić information content (AvgIpc) is 3.17. The molecule has 0 radical (unpaired) electrons. The molecule has 0 bridgehead atoms. The van der Waals surface area contributed by atoms with Crippen LogP contribution in [0.4, 0.5) is 10.1 Å². The van der Waals surface area contributed by atoms with Crippen LogP contribution < -0.4 is 4.90 Å². The van der Waals surface area contributed by atoms with Crippen LogP contribution in [0, 0.1) is 12.7 Å². The zero-order chi connectivity index (χ0) is 14.0. The van der Waals surface area contributed by atoms with Gasteiger partial charge in [-0.05, 0) is 50.8 Å². The molecular weight excluding hydrogens is 241 g/mol. The number of hydrogen-bond acceptors (Lipinski definition) is 2. The van der Waals surface area contributed by atoms with Gasteiger partial charge in [-0.15, -0.1) is 0 Å². The van der Waals surface area contributed by atoms with Crippen molar-refractivity contribution in [2.75, 3.05) is 11.4 Å². The maximum Gasteiger partial charge on any atom is 0.161 e. The van der Waals surface area contributed by atoms with Crippen LogP contribution in [0.25, 0.3) is 0 Å². The molecule has 1 fully saturated rings. The summed E-state index contributed by atoms with van der Waals surface area (Å²) in [5.41, 5.74) is 2.05. The van der Waals surface area contributed by atoms with Crippen molar-refractivity contribution in [1.82, 2.24) is 0 Å². The summed E-state index contributed by atoms with van der Waals surface area (Å²) in [6.07, 6.45) is 4.58. The molecular formula is C16H22FNO. The first-order valence-corrected chi connectivity index (χ1v) is 7.12. The Bertz CT molecular complexity index is 480. The maximum atomic E-state index is 13.7. The Morgan fingerprint density at radius 3 is 2.63 bits per heavy atom. The van der Waals surface area contributed by atoms with Gasteiger partial charge in [0.1, 0.15) is 5.82 Å². The van der Waals surface area contributed by atoms with Gasteiger partial charge in [0.05, 0.1) is 0 Å². The average molecular weight is 263 g/mol. The largest absolute Gasteiger partial charge is 0.368 e. The zero-order valence-electron chi connectivity index (χ0n) is 12.0. The molecule has 0 unspecified atom stereocenters. The molecule has 0 spiro atoms. The highest BCUT2D eigenvalue weighted by molar-refractivity contribution is 6.00. The van der Waals surface area contributed by atoms with Crippen LogP contribution >= 0.6 is 0 Å². The maximum absolute atomic E-state index is 13.7. The lowest BCUT2D eigenvalue weighted by Gasteiger charge is -2.27. The SMILES string of the molecule is CCCCN(c1cc(C)c(F)cc1C(C)=O)C1CC1. The Balaban J connectivity index is 2.39. The highest BCUT2D eigenvalue weighted by Crippen LogP contribution is 2.35. The Kier molecular flexibility index (Phi) is 4.23. The van der Waals surface area contributed by atoms with Gasteiger partial charge in [-0.1, -0.05) is 13.3 Å². The Hall–Kier alpha value is -1.38. The van der Waals surface area contributed by atoms with Gasteiger partial charge in [0, 0.05) is 23.8 Å². The van der Waals surface area contributed by atoms with Gasteiger partial charge in [-0.3, -0.25) is 4.79 Å². The second kappa shape index (κ2) is 5.72. The van der Waals surface area contributed by atoms with Gasteiger partial charge in [0.15, 0.2) is 5.78 Å². The van der Waals surface area contributed by atoms with Crippen LogP contribution in [0.3, 0.4) is 0 Å². The number of benzene rings is 1. The molecule has 0 amide bonds. The van der Waals surface area contributed by atoms with Crippen molar-refractivity contribution in [3.63, 3.8) is 0 Å². The van der Waals surface area contributed by atoms with Crippen molar-refractivity contribution in [2.45, 2.75) is 52.5 Å². The van der Waals surface area contributed by atoms with E-state index < -0.39 is 0 Å². The third kappa shape index (κ3) is 3.14. The minimum absolute atomic E-state index is 0.0592. The number of carbonyl (C=O) groups excluding carboxylic acids is 1. The summed E-state index contributed by atoms with van der Waals surface area (Å²) in [6, 6.07) is 3.77. The van der Waals surface area contributed by atoms with E-state index in [0.717, 1.165) is 25.1 Å². The summed E-state index contributed by atoms with van der Waals surface area (Å²) < 4.78 is 13.7. The highest BCUT2D eigenvalue weighted by atomic mass is 19.1. The van der Waals surface area contributed by atoms with E-state index in [1.54, 1.807) is 6.92 Å². The summed E-state index contributed by atoms with van der Waals surface area (Å²) in [6.45, 7) is 6.38. The molecule has 19 heavy (non-hydrogen) atoms. The lowest BCUT2D eigenvalue weighted by molar-refractivity contribution is 0.101. The van der Waals surface area contributed by atoms with Gasteiger partial charge in [-0.25, -0.2) is 4.39 Å². The number of aryl methyl sites for hydroxylation is 1. The van der Waals surface area contributed by atoms with Crippen molar-refractivity contribution < 1.29 is 9.18 Å². The van der Waals surface area contributed by atoms with Gasteiger partial charge in [0.25, 0.3) is 0 Å². The van der Waals surface area contributed by atoms with Gasteiger partial charge in [-0.2, -0.15) is 0 Å². The molecule has 0 aromatic heterocycles. The summed E-state index contributed by atoms with van der Waals surface area (Å²) in [5, 5.41) is 0. The number of halogens is 1. The first kappa shape index (κ1) is 14.0. The van der Waals surface area contributed by atoms with Crippen LogP contribution in [0.15, 0.2) is 12.1 Å². The number of Topliss-reactive ketones (excluding diaryl/α,β-unsaturated/α-hetero) is 1. The fraction of sp³-hybridized carbons (Fsp3) is 0.562. The van der Waals surface area contributed by atoms with Crippen LogP contribution in [-0.4, -0.2) is 18.4 Å². The first-order valence-electron chi connectivity index (χ1n) is 7.12. The Morgan fingerprint density at radius 1 is 1.42 bits per heavy atom. The number of hydrogen-bond donors (Lipinski definition) is 0. The molecule has 1 aliphatic carbocycles. The van der Waals surface area contributed by atoms with E-state index in [1.165, 1.54) is 25.8 Å². The molecule has 0 saturated heterocycles. The summed E-state index contributed by atoms with van der Waals surface area (Å²) in [5.74, 6) is -0.351. The van der Waals surface area contributed by atoms with Crippen LogP contribution in [0.1, 0.15) is 55.5 Å². The third-order valence-corrected chi connectivity index (χ3v) is 3.71. The van der Waals surface area contributed by atoms with E-state index in [9.17, 15) is 9.18 Å². The molecule has 3 heteroatoms. The molecule has 0 atom stereocenters. The fourth-order valence-corrected chi connectivity index (χ4v) is 2.40. The summed E-state index contributed by atoms with van der Waals surface area (Å²) in [7, 11) is 0. The fourth-order valence-electron chi connectivity index (χ4n) is 2.40. The number of carbonyl (C=O) groups is 1. The standard InChI is InChI=1S/C16H22FNO/c1-4-5-8-18(13-6-7-13)16-9-11(2)15(17)10-14(16)12(3)19/h9-10,13H,4-8H2,1-3H3. The van der Waals surface area contributed by atoms with E-state index in [2.05, 4.69) is 11.8 Å². The molecule has 2 nitrogen and oxygen atoms in total. The molecule has 2 rings (SSSR count). The van der Waals surface area contributed by atoms with Gasteiger partial charge in [0.2, 0.25) is 0 Å². The highest BCUT2D eigenvalue weighted by Gasteiger charge is 2.31. The van der Waals surface area contributed by atoms with Crippen molar-refractivity contribution >= 4 is 11.5 Å². The molecule has 1 aliphatic rings. The molecule has 1 aromatic rings. The molecule has 1 saturated carbocycles. The zero-order valence-corrected chi connectivity index (χ0v) is 12.0.